The molecule has 116 valence electrons. The Morgan fingerprint density at radius 1 is 1.19 bits per heavy atom. The zero-order chi connectivity index (χ0) is 15.4. The van der Waals surface area contributed by atoms with Crippen molar-refractivity contribution in [3.05, 3.63) is 16.0 Å². The second-order valence-electron chi connectivity index (χ2n) is 5.41. The number of hydrogen-bond donors (Lipinski definition) is 2. The van der Waals surface area contributed by atoms with Gasteiger partial charge in [0.1, 0.15) is 5.00 Å². The molecule has 1 fully saturated rings. The van der Waals surface area contributed by atoms with E-state index in [0.29, 0.717) is 10.6 Å². The maximum atomic E-state index is 12.5. The lowest BCUT2D eigenvalue weighted by Crippen LogP contribution is -2.36. The molecule has 0 unspecified atom stereocenters. The second-order valence-corrected chi connectivity index (χ2v) is 6.64. The number of thiophene rings is 1. The first-order valence-corrected chi connectivity index (χ1v) is 8.10. The van der Waals surface area contributed by atoms with E-state index in [0.717, 1.165) is 23.3 Å². The van der Waals surface area contributed by atoms with E-state index in [2.05, 4.69) is 15.4 Å². The van der Waals surface area contributed by atoms with E-state index in [1.807, 2.05) is 13.8 Å². The number of carbonyl (C=O) groups excluding carboxylic acids is 2. The summed E-state index contributed by atoms with van der Waals surface area (Å²) >= 11 is 1.40. The lowest BCUT2D eigenvalue weighted by atomic mass is 9.95. The summed E-state index contributed by atoms with van der Waals surface area (Å²) < 4.78 is 4.61. The molecule has 5 nitrogen and oxygen atoms in total. The molecule has 0 radical (unpaired) electrons. The zero-order valence-corrected chi connectivity index (χ0v) is 13.6. The first-order valence-electron chi connectivity index (χ1n) is 7.28. The number of anilines is 1. The van der Waals surface area contributed by atoms with E-state index in [4.69, 9.17) is 0 Å². The van der Waals surface area contributed by atoms with Gasteiger partial charge in [-0.15, -0.1) is 11.3 Å². The fraction of sp³-hybridized carbons (Fsp3) is 0.600. The number of carbonyl (C=O) groups is 2. The molecule has 1 saturated carbocycles. The van der Waals surface area contributed by atoms with Crippen molar-refractivity contribution in [2.75, 3.05) is 12.4 Å². The van der Waals surface area contributed by atoms with Crippen molar-refractivity contribution in [2.45, 2.75) is 52.0 Å². The summed E-state index contributed by atoms with van der Waals surface area (Å²) in [6.07, 6.45) is 5.10. The van der Waals surface area contributed by atoms with Gasteiger partial charge in [-0.25, -0.2) is 4.79 Å². The van der Waals surface area contributed by atoms with Crippen molar-refractivity contribution in [3.8, 4) is 0 Å². The molecule has 2 amide bonds. The minimum Gasteiger partial charge on any atom is -0.453 e. The van der Waals surface area contributed by atoms with Gasteiger partial charge >= 0.3 is 6.09 Å². The van der Waals surface area contributed by atoms with Crippen LogP contribution < -0.4 is 10.6 Å². The minimum atomic E-state index is -0.553. The molecule has 1 aromatic rings. The van der Waals surface area contributed by atoms with Crippen LogP contribution in [0.2, 0.25) is 0 Å². The highest BCUT2D eigenvalue weighted by Gasteiger charge is 2.24. The van der Waals surface area contributed by atoms with Crippen LogP contribution in [-0.2, 0) is 4.74 Å². The van der Waals surface area contributed by atoms with Crippen LogP contribution in [-0.4, -0.2) is 25.2 Å². The third kappa shape index (κ3) is 3.75. The van der Waals surface area contributed by atoms with Gasteiger partial charge in [0.15, 0.2) is 0 Å². The molecule has 1 aliphatic carbocycles. The number of nitrogens with one attached hydrogen (secondary N) is 2. The van der Waals surface area contributed by atoms with Crippen LogP contribution in [0.25, 0.3) is 0 Å². The van der Waals surface area contributed by atoms with E-state index >= 15 is 0 Å². The quantitative estimate of drug-likeness (QED) is 0.896. The van der Waals surface area contributed by atoms with Gasteiger partial charge in [0.2, 0.25) is 0 Å². The van der Waals surface area contributed by atoms with Gasteiger partial charge in [-0.05, 0) is 32.3 Å². The van der Waals surface area contributed by atoms with Crippen LogP contribution in [0.15, 0.2) is 0 Å². The molecule has 21 heavy (non-hydrogen) atoms. The summed E-state index contributed by atoms with van der Waals surface area (Å²) in [5.74, 6) is -0.102. The molecule has 0 atom stereocenters. The van der Waals surface area contributed by atoms with Crippen molar-refractivity contribution in [1.82, 2.24) is 5.32 Å². The predicted molar refractivity (Wildman–Crippen MR) is 84.2 cm³/mol. The first-order chi connectivity index (χ1) is 10.0. The third-order valence-corrected chi connectivity index (χ3v) is 5.08. The fourth-order valence-corrected chi connectivity index (χ4v) is 3.68. The van der Waals surface area contributed by atoms with Crippen LogP contribution in [0.3, 0.4) is 0 Å². The van der Waals surface area contributed by atoms with Crippen LogP contribution in [0, 0.1) is 13.8 Å². The summed E-state index contributed by atoms with van der Waals surface area (Å²) in [6, 6.07) is 0.247. The van der Waals surface area contributed by atoms with Crippen LogP contribution >= 0.6 is 11.3 Å². The smallest absolute Gasteiger partial charge is 0.411 e. The van der Waals surface area contributed by atoms with Crippen LogP contribution in [0.1, 0.15) is 52.9 Å². The summed E-state index contributed by atoms with van der Waals surface area (Å²) in [6.45, 7) is 3.85. The Labute approximate surface area is 129 Å². The van der Waals surface area contributed by atoms with Gasteiger partial charge in [0.05, 0.1) is 12.7 Å². The van der Waals surface area contributed by atoms with Crippen molar-refractivity contribution in [1.29, 1.82) is 0 Å². The van der Waals surface area contributed by atoms with Crippen LogP contribution in [0.5, 0.6) is 0 Å². The van der Waals surface area contributed by atoms with Gasteiger partial charge in [0, 0.05) is 10.9 Å². The Bertz CT molecular complexity index is 533. The van der Waals surface area contributed by atoms with Gasteiger partial charge in [-0.3, -0.25) is 10.1 Å². The Morgan fingerprint density at radius 2 is 1.86 bits per heavy atom. The molecule has 2 N–H and O–H groups in total. The maximum Gasteiger partial charge on any atom is 0.411 e. The highest BCUT2D eigenvalue weighted by Crippen LogP contribution is 2.33. The zero-order valence-electron chi connectivity index (χ0n) is 12.7. The van der Waals surface area contributed by atoms with Crippen molar-refractivity contribution >= 4 is 28.3 Å². The minimum absolute atomic E-state index is 0.102. The number of aryl methyl sites for hydroxylation is 1. The maximum absolute atomic E-state index is 12.5. The number of amides is 2. The highest BCUT2D eigenvalue weighted by molar-refractivity contribution is 7.16. The van der Waals surface area contributed by atoms with E-state index in [9.17, 15) is 9.59 Å². The Balaban J connectivity index is 2.16. The topological polar surface area (TPSA) is 67.4 Å². The molecule has 1 aromatic heterocycles. The van der Waals surface area contributed by atoms with Gasteiger partial charge in [0.25, 0.3) is 5.91 Å². The highest BCUT2D eigenvalue weighted by atomic mass is 32.1. The molecule has 0 saturated heterocycles. The van der Waals surface area contributed by atoms with Crippen LogP contribution in [0.4, 0.5) is 9.80 Å². The standard InChI is InChI=1S/C15H22N2O3S/c1-9-10(2)21-14(17-15(19)20-3)12(9)13(18)16-11-7-5-4-6-8-11/h11H,4-8H2,1-3H3,(H,16,18)(H,17,19). The summed E-state index contributed by atoms with van der Waals surface area (Å²) in [4.78, 5) is 25.0. The average Bonchev–Trinajstić information content (AvgIpc) is 2.74. The molecule has 1 aliphatic rings. The molecule has 0 spiro atoms. The molecule has 1 heterocycles. The van der Waals surface area contributed by atoms with E-state index in [1.165, 1.54) is 37.7 Å². The fourth-order valence-electron chi connectivity index (χ4n) is 2.64. The molecular weight excluding hydrogens is 288 g/mol. The molecule has 0 aliphatic heterocycles. The van der Waals surface area contributed by atoms with Crippen molar-refractivity contribution < 1.29 is 14.3 Å². The van der Waals surface area contributed by atoms with Gasteiger partial charge < -0.3 is 10.1 Å². The Kier molecular flexibility index (Phi) is 5.22. The van der Waals surface area contributed by atoms with Crippen molar-refractivity contribution in [3.63, 3.8) is 0 Å². The number of methoxy groups -OCH3 is 1. The SMILES string of the molecule is COC(=O)Nc1sc(C)c(C)c1C(=O)NC1CCCCC1. The lowest BCUT2D eigenvalue weighted by Gasteiger charge is -2.23. The van der Waals surface area contributed by atoms with E-state index < -0.39 is 6.09 Å². The Hall–Kier alpha value is -1.56. The summed E-state index contributed by atoms with van der Waals surface area (Å²) in [5, 5.41) is 6.29. The van der Waals surface area contributed by atoms with E-state index in [1.54, 1.807) is 0 Å². The number of hydrogen-bond acceptors (Lipinski definition) is 4. The summed E-state index contributed by atoms with van der Waals surface area (Å²) in [5.41, 5.74) is 1.48. The monoisotopic (exact) mass is 310 g/mol. The van der Waals surface area contributed by atoms with E-state index in [-0.39, 0.29) is 11.9 Å². The number of rotatable bonds is 3. The molecule has 2 rings (SSSR count). The van der Waals surface area contributed by atoms with Crippen molar-refractivity contribution in [2.24, 2.45) is 0 Å². The molecule has 0 aromatic carbocycles. The summed E-state index contributed by atoms with van der Waals surface area (Å²) in [7, 11) is 1.31. The molecule has 0 bridgehead atoms. The largest absolute Gasteiger partial charge is 0.453 e. The second kappa shape index (κ2) is 6.93. The number of ether oxygens (including phenoxy) is 1. The van der Waals surface area contributed by atoms with Gasteiger partial charge in [-0.2, -0.15) is 0 Å². The molecular formula is C15H22N2O3S. The first kappa shape index (κ1) is 15.8. The molecule has 6 heteroatoms. The predicted octanol–water partition coefficient (Wildman–Crippen LogP) is 3.61. The average molecular weight is 310 g/mol. The van der Waals surface area contributed by atoms with Gasteiger partial charge in [-0.1, -0.05) is 19.3 Å². The lowest BCUT2D eigenvalue weighted by molar-refractivity contribution is 0.0928. The third-order valence-electron chi connectivity index (χ3n) is 3.95. The normalized spacial score (nSPS) is 15.6. The Morgan fingerprint density at radius 3 is 2.48 bits per heavy atom.